The third-order valence-electron chi connectivity index (χ3n) is 6.42. The molecule has 0 saturated carbocycles. The number of carbonyl (C=O) groups excluding carboxylic acids is 1. The molecule has 1 aliphatic heterocycles. The van der Waals surface area contributed by atoms with Crippen molar-refractivity contribution in [2.24, 2.45) is 5.41 Å². The minimum absolute atomic E-state index is 0.236. The van der Waals surface area contributed by atoms with Crippen molar-refractivity contribution in [3.8, 4) is 11.5 Å². The number of anilines is 1. The maximum absolute atomic E-state index is 12.1. The molecule has 0 saturated heterocycles. The van der Waals surface area contributed by atoms with E-state index in [-0.39, 0.29) is 18.6 Å². The maximum Gasteiger partial charge on any atom is 0.303 e. The molecular formula is C28H29Cl2NO4. The number of fused-ring (bicyclic) bond motifs is 1. The van der Waals surface area contributed by atoms with Crippen molar-refractivity contribution in [2.45, 2.75) is 46.4 Å². The van der Waals surface area contributed by atoms with Gasteiger partial charge < -0.3 is 19.5 Å². The highest BCUT2D eigenvalue weighted by Crippen LogP contribution is 2.55. The minimum atomic E-state index is -0.519. The highest BCUT2D eigenvalue weighted by molar-refractivity contribution is 6.35. The zero-order valence-corrected chi connectivity index (χ0v) is 22.0. The number of benzene rings is 3. The molecule has 0 unspecified atom stereocenters. The van der Waals surface area contributed by atoms with Gasteiger partial charge in [0.1, 0.15) is 12.7 Å². The average Bonchev–Trinajstić information content (AvgIpc) is 2.80. The Bertz CT molecular complexity index is 1260. The predicted octanol–water partition coefficient (Wildman–Crippen LogP) is 7.69. The summed E-state index contributed by atoms with van der Waals surface area (Å²) in [6, 6.07) is 17.0. The Balaban J connectivity index is 1.78. The van der Waals surface area contributed by atoms with Crippen LogP contribution in [0.1, 0.15) is 55.2 Å². The van der Waals surface area contributed by atoms with Gasteiger partial charge in [0.05, 0.1) is 13.2 Å². The third-order valence-corrected chi connectivity index (χ3v) is 7.01. The van der Waals surface area contributed by atoms with Crippen LogP contribution in [0.25, 0.3) is 0 Å². The van der Waals surface area contributed by atoms with Crippen LogP contribution in [0, 0.1) is 12.3 Å². The van der Waals surface area contributed by atoms with Crippen LogP contribution in [0.5, 0.6) is 11.5 Å². The molecule has 3 aromatic carbocycles. The van der Waals surface area contributed by atoms with Gasteiger partial charge in [-0.05, 0) is 31.2 Å². The Labute approximate surface area is 216 Å². The summed E-state index contributed by atoms with van der Waals surface area (Å²) in [5, 5.41) is 4.77. The smallest absolute Gasteiger partial charge is 0.303 e. The van der Waals surface area contributed by atoms with Gasteiger partial charge in [-0.1, -0.05) is 72.9 Å². The van der Waals surface area contributed by atoms with Crippen LogP contribution in [0.3, 0.4) is 0 Å². The molecule has 7 heteroatoms. The molecule has 0 fully saturated rings. The molecule has 35 heavy (non-hydrogen) atoms. The second kappa shape index (κ2) is 10.00. The van der Waals surface area contributed by atoms with E-state index in [0.717, 1.165) is 27.9 Å². The largest absolute Gasteiger partial charge is 0.493 e. The van der Waals surface area contributed by atoms with Crippen LogP contribution in [0.4, 0.5) is 5.69 Å². The molecule has 2 atom stereocenters. The summed E-state index contributed by atoms with van der Waals surface area (Å²) in [5.74, 6) is 0.878. The lowest BCUT2D eigenvalue weighted by Gasteiger charge is -2.46. The van der Waals surface area contributed by atoms with Gasteiger partial charge in [0, 0.05) is 44.8 Å². The Kier molecular flexibility index (Phi) is 7.20. The Morgan fingerprint density at radius 3 is 2.51 bits per heavy atom. The number of aryl methyl sites for hydroxylation is 1. The van der Waals surface area contributed by atoms with Crippen molar-refractivity contribution in [3.05, 3.63) is 86.9 Å². The van der Waals surface area contributed by atoms with Crippen molar-refractivity contribution in [1.82, 2.24) is 0 Å². The fraction of sp³-hybridized carbons (Fsp3) is 0.321. The molecule has 0 spiro atoms. The van der Waals surface area contributed by atoms with E-state index in [0.29, 0.717) is 21.5 Å². The predicted molar refractivity (Wildman–Crippen MR) is 140 cm³/mol. The fourth-order valence-corrected chi connectivity index (χ4v) is 5.11. The van der Waals surface area contributed by atoms with Gasteiger partial charge in [0.15, 0.2) is 11.5 Å². The molecule has 1 heterocycles. The van der Waals surface area contributed by atoms with Crippen molar-refractivity contribution < 1.29 is 19.0 Å². The number of hydrogen-bond acceptors (Lipinski definition) is 5. The van der Waals surface area contributed by atoms with Crippen molar-refractivity contribution in [1.29, 1.82) is 0 Å². The molecule has 1 N–H and O–H groups in total. The molecule has 0 amide bonds. The van der Waals surface area contributed by atoms with Gasteiger partial charge in [-0.15, -0.1) is 0 Å². The summed E-state index contributed by atoms with van der Waals surface area (Å²) in [7, 11) is 1.61. The number of rotatable bonds is 6. The SMILES string of the molecule is COc1cccc([C@@H]2Nc3ccc(C)cc3[C@H](OC(C)=O)C2(C)C)c1OCc1ccc(Cl)cc1Cl. The number of halogens is 2. The Morgan fingerprint density at radius 1 is 1.06 bits per heavy atom. The zero-order valence-electron chi connectivity index (χ0n) is 20.4. The maximum atomic E-state index is 12.1. The van der Waals surface area contributed by atoms with Gasteiger partial charge in [-0.3, -0.25) is 4.79 Å². The van der Waals surface area contributed by atoms with Gasteiger partial charge in [0.25, 0.3) is 0 Å². The summed E-state index contributed by atoms with van der Waals surface area (Å²) >= 11 is 12.4. The second-order valence-electron chi connectivity index (χ2n) is 9.38. The van der Waals surface area contributed by atoms with Crippen LogP contribution in [-0.2, 0) is 16.1 Å². The molecule has 4 rings (SSSR count). The topological polar surface area (TPSA) is 56.8 Å². The van der Waals surface area contributed by atoms with Crippen LogP contribution in [-0.4, -0.2) is 13.1 Å². The highest BCUT2D eigenvalue weighted by Gasteiger charge is 2.47. The first-order valence-electron chi connectivity index (χ1n) is 11.4. The quantitative estimate of drug-likeness (QED) is 0.342. The van der Waals surface area contributed by atoms with E-state index in [1.807, 2.05) is 43.3 Å². The standard InChI is InChI=1S/C28H29Cl2NO4/c1-16-9-12-23-21(13-16)27(35-17(2)32)28(3,4)26(31-23)20-7-6-8-24(33-5)25(20)34-15-18-10-11-19(29)14-22(18)30/h6-14,26-27,31H,15H2,1-5H3/t26-,27-/m0/s1. The van der Waals surface area contributed by atoms with Crippen molar-refractivity contribution >= 4 is 34.9 Å². The molecule has 1 aliphatic rings. The molecule has 184 valence electrons. The van der Waals surface area contributed by atoms with Gasteiger partial charge in [-0.2, -0.15) is 0 Å². The summed E-state index contributed by atoms with van der Waals surface area (Å²) in [4.78, 5) is 12.1. The van der Waals surface area contributed by atoms with E-state index in [1.165, 1.54) is 6.92 Å². The fourth-order valence-electron chi connectivity index (χ4n) is 4.65. The number of hydrogen-bond donors (Lipinski definition) is 1. The van der Waals surface area contributed by atoms with Crippen LogP contribution < -0.4 is 14.8 Å². The molecule has 0 aliphatic carbocycles. The highest BCUT2D eigenvalue weighted by atomic mass is 35.5. The lowest BCUT2D eigenvalue weighted by Crippen LogP contribution is -2.40. The normalized spacial score (nSPS) is 18.3. The summed E-state index contributed by atoms with van der Waals surface area (Å²) < 4.78 is 17.9. The summed E-state index contributed by atoms with van der Waals surface area (Å²) in [6.07, 6.45) is -0.453. The minimum Gasteiger partial charge on any atom is -0.493 e. The first kappa shape index (κ1) is 25.2. The van der Waals surface area contributed by atoms with Gasteiger partial charge >= 0.3 is 5.97 Å². The molecule has 0 radical (unpaired) electrons. The number of nitrogens with one attached hydrogen (secondary N) is 1. The molecule has 0 bridgehead atoms. The number of para-hydroxylation sites is 1. The monoisotopic (exact) mass is 513 g/mol. The first-order chi connectivity index (χ1) is 16.6. The van der Waals surface area contributed by atoms with E-state index in [2.05, 4.69) is 25.2 Å². The number of esters is 1. The zero-order chi connectivity index (χ0) is 25.3. The average molecular weight is 514 g/mol. The molecule has 3 aromatic rings. The molecule has 0 aromatic heterocycles. The summed E-state index contributed by atoms with van der Waals surface area (Å²) in [6.45, 7) is 7.88. The lowest BCUT2D eigenvalue weighted by molar-refractivity contribution is -0.154. The second-order valence-corrected chi connectivity index (χ2v) is 10.2. The van der Waals surface area contributed by atoms with E-state index < -0.39 is 11.5 Å². The van der Waals surface area contributed by atoms with Gasteiger partial charge in [0.2, 0.25) is 0 Å². The first-order valence-corrected chi connectivity index (χ1v) is 12.2. The van der Waals surface area contributed by atoms with Crippen LogP contribution in [0.2, 0.25) is 10.0 Å². The van der Waals surface area contributed by atoms with Crippen molar-refractivity contribution in [2.75, 3.05) is 12.4 Å². The van der Waals surface area contributed by atoms with Crippen LogP contribution >= 0.6 is 23.2 Å². The number of carbonyl (C=O) groups is 1. The molecule has 5 nitrogen and oxygen atoms in total. The van der Waals surface area contributed by atoms with E-state index in [9.17, 15) is 4.79 Å². The van der Waals surface area contributed by atoms with Crippen LogP contribution in [0.15, 0.2) is 54.6 Å². The van der Waals surface area contributed by atoms with E-state index in [4.69, 9.17) is 37.4 Å². The Hall–Kier alpha value is -2.89. The Morgan fingerprint density at radius 2 is 1.83 bits per heavy atom. The number of ether oxygens (including phenoxy) is 3. The summed E-state index contributed by atoms with van der Waals surface area (Å²) in [5.41, 5.74) is 4.15. The van der Waals surface area contributed by atoms with Gasteiger partial charge in [-0.25, -0.2) is 0 Å². The number of methoxy groups -OCH3 is 1. The third kappa shape index (κ3) is 5.07. The molecular weight excluding hydrogens is 485 g/mol. The van der Waals surface area contributed by atoms with E-state index >= 15 is 0 Å². The van der Waals surface area contributed by atoms with Crippen molar-refractivity contribution in [3.63, 3.8) is 0 Å². The lowest BCUT2D eigenvalue weighted by atomic mass is 9.70. The van der Waals surface area contributed by atoms with E-state index in [1.54, 1.807) is 19.2 Å².